The van der Waals surface area contributed by atoms with E-state index in [-0.39, 0.29) is 31.4 Å². The lowest BCUT2D eigenvalue weighted by Crippen LogP contribution is -2.37. The van der Waals surface area contributed by atoms with E-state index >= 15 is 0 Å². The molecule has 0 bridgehead atoms. The zero-order valence-electron chi connectivity index (χ0n) is 19.5. The molecule has 0 unspecified atom stereocenters. The molecule has 8 heteroatoms. The fraction of sp³-hybridized carbons (Fsp3) is 0.346. The van der Waals surface area contributed by atoms with Crippen LogP contribution in [0.5, 0.6) is 5.75 Å². The molecule has 0 saturated carbocycles. The van der Waals surface area contributed by atoms with Crippen LogP contribution >= 0.6 is 0 Å². The number of hydrogen-bond donors (Lipinski definition) is 1. The lowest BCUT2D eigenvalue weighted by atomic mass is 10.2. The van der Waals surface area contributed by atoms with Crippen molar-refractivity contribution in [3.05, 3.63) is 72.6 Å². The Kier molecular flexibility index (Phi) is 7.80. The molecule has 1 fully saturated rings. The lowest BCUT2D eigenvalue weighted by molar-refractivity contribution is -0.131. The number of aryl methyl sites for hydroxylation is 1. The van der Waals surface area contributed by atoms with E-state index in [4.69, 9.17) is 4.74 Å². The molecule has 0 aliphatic carbocycles. The van der Waals surface area contributed by atoms with Crippen molar-refractivity contribution in [2.24, 2.45) is 0 Å². The average molecular weight is 462 g/mol. The van der Waals surface area contributed by atoms with Gasteiger partial charge in [0.1, 0.15) is 12.3 Å². The number of para-hydroxylation sites is 1. The summed E-state index contributed by atoms with van der Waals surface area (Å²) in [5.74, 6) is 0.602. The molecule has 3 aromatic rings. The molecule has 1 aliphatic heterocycles. The molecule has 1 saturated heterocycles. The number of ether oxygens (including phenoxy) is 1. The second-order valence-electron chi connectivity index (χ2n) is 8.44. The first kappa shape index (κ1) is 23.4. The summed E-state index contributed by atoms with van der Waals surface area (Å²) in [4.78, 5) is 29.3. The van der Waals surface area contributed by atoms with E-state index < -0.39 is 0 Å². The van der Waals surface area contributed by atoms with E-state index in [9.17, 15) is 9.59 Å². The van der Waals surface area contributed by atoms with Gasteiger partial charge in [-0.15, -0.1) is 0 Å². The van der Waals surface area contributed by atoms with Crippen molar-refractivity contribution < 1.29 is 14.3 Å². The summed E-state index contributed by atoms with van der Waals surface area (Å²) in [6, 6.07) is 17.9. The molecule has 2 amide bonds. The Labute approximate surface area is 200 Å². The smallest absolute Gasteiger partial charge is 0.244 e. The molecular weight excluding hydrogens is 430 g/mol. The van der Waals surface area contributed by atoms with Crippen molar-refractivity contribution in [1.29, 1.82) is 0 Å². The molecule has 0 radical (unpaired) electrons. The second kappa shape index (κ2) is 11.4. The van der Waals surface area contributed by atoms with Gasteiger partial charge >= 0.3 is 0 Å². The fourth-order valence-electron chi connectivity index (χ4n) is 3.94. The molecular formula is C26H31N5O3. The van der Waals surface area contributed by atoms with E-state index in [1.165, 1.54) is 11.3 Å². The summed E-state index contributed by atoms with van der Waals surface area (Å²) >= 11 is 0. The third kappa shape index (κ3) is 6.60. The SMILES string of the molecule is Cc1ccc(N2CCCN(C(=O)Cn3cc(NC(=O)CCOc4ccccc4)cn3)CC2)cc1. The Morgan fingerprint density at radius 2 is 1.79 bits per heavy atom. The van der Waals surface area contributed by atoms with E-state index in [2.05, 4.69) is 46.5 Å². The van der Waals surface area contributed by atoms with E-state index in [0.29, 0.717) is 12.2 Å². The lowest BCUT2D eigenvalue weighted by Gasteiger charge is -2.24. The first-order chi connectivity index (χ1) is 16.6. The Hall–Kier alpha value is -3.81. The number of aromatic nitrogens is 2. The topological polar surface area (TPSA) is 79.7 Å². The Morgan fingerprint density at radius 1 is 1.00 bits per heavy atom. The number of rotatable bonds is 8. The van der Waals surface area contributed by atoms with Crippen LogP contribution in [0.25, 0.3) is 0 Å². The second-order valence-corrected chi connectivity index (χ2v) is 8.44. The summed E-state index contributed by atoms with van der Waals surface area (Å²) in [7, 11) is 0. The molecule has 2 aromatic carbocycles. The van der Waals surface area contributed by atoms with Gasteiger partial charge in [0.05, 0.1) is 24.9 Å². The summed E-state index contributed by atoms with van der Waals surface area (Å²) < 4.78 is 7.13. The van der Waals surface area contributed by atoms with Crippen molar-refractivity contribution in [1.82, 2.24) is 14.7 Å². The number of anilines is 2. The number of nitrogens with one attached hydrogen (secondary N) is 1. The summed E-state index contributed by atoms with van der Waals surface area (Å²) in [6.45, 7) is 5.67. The normalized spacial score (nSPS) is 13.9. The molecule has 4 rings (SSSR count). The molecule has 2 heterocycles. The van der Waals surface area contributed by atoms with Gasteiger partial charge < -0.3 is 19.9 Å². The highest BCUT2D eigenvalue weighted by Crippen LogP contribution is 2.17. The first-order valence-electron chi connectivity index (χ1n) is 11.7. The van der Waals surface area contributed by atoms with Gasteiger partial charge in [0, 0.05) is 38.1 Å². The van der Waals surface area contributed by atoms with Crippen molar-refractivity contribution in [3.8, 4) is 5.75 Å². The average Bonchev–Trinajstić information content (AvgIpc) is 3.12. The Morgan fingerprint density at radius 3 is 2.59 bits per heavy atom. The monoisotopic (exact) mass is 461 g/mol. The molecule has 1 aromatic heterocycles. The van der Waals surface area contributed by atoms with E-state index in [0.717, 1.165) is 31.8 Å². The standard InChI is InChI=1S/C26H31N5O3/c1-21-8-10-23(11-9-21)29-13-5-14-30(16-15-29)26(33)20-31-19-22(18-27-31)28-25(32)12-17-34-24-6-3-2-4-7-24/h2-4,6-11,18-19H,5,12-17,20H2,1H3,(H,28,32). The van der Waals surface area contributed by atoms with Crippen molar-refractivity contribution in [3.63, 3.8) is 0 Å². The number of amides is 2. The van der Waals surface area contributed by atoms with Gasteiger partial charge in [0.15, 0.2) is 0 Å². The molecule has 8 nitrogen and oxygen atoms in total. The van der Waals surface area contributed by atoms with Gasteiger partial charge in [-0.25, -0.2) is 0 Å². The third-order valence-electron chi connectivity index (χ3n) is 5.80. The predicted molar refractivity (Wildman–Crippen MR) is 132 cm³/mol. The van der Waals surface area contributed by atoms with Gasteiger partial charge in [-0.05, 0) is 37.6 Å². The maximum atomic E-state index is 12.9. The minimum absolute atomic E-state index is 0.0305. The van der Waals surface area contributed by atoms with Crippen LogP contribution in [0.2, 0.25) is 0 Å². The third-order valence-corrected chi connectivity index (χ3v) is 5.80. The zero-order chi connectivity index (χ0) is 23.8. The number of carbonyl (C=O) groups is 2. The Bertz CT molecular complexity index is 1080. The van der Waals surface area contributed by atoms with Crippen molar-refractivity contribution in [2.45, 2.75) is 26.3 Å². The number of hydrogen-bond acceptors (Lipinski definition) is 5. The van der Waals surface area contributed by atoms with Gasteiger partial charge in [-0.3, -0.25) is 14.3 Å². The van der Waals surface area contributed by atoms with E-state index in [1.807, 2.05) is 35.2 Å². The summed E-state index contributed by atoms with van der Waals surface area (Å²) in [6.07, 6.45) is 4.39. The maximum Gasteiger partial charge on any atom is 0.244 e. The summed E-state index contributed by atoms with van der Waals surface area (Å²) in [5.41, 5.74) is 3.01. The highest BCUT2D eigenvalue weighted by Gasteiger charge is 2.20. The van der Waals surface area contributed by atoms with Gasteiger partial charge in [0.2, 0.25) is 11.8 Å². The molecule has 1 N–H and O–H groups in total. The molecule has 0 spiro atoms. The van der Waals surface area contributed by atoms with Crippen LogP contribution in [0.15, 0.2) is 67.0 Å². The first-order valence-corrected chi connectivity index (χ1v) is 11.7. The number of carbonyl (C=O) groups excluding carboxylic acids is 2. The Balaban J connectivity index is 1.22. The number of benzene rings is 2. The van der Waals surface area contributed by atoms with Crippen LogP contribution < -0.4 is 15.0 Å². The zero-order valence-corrected chi connectivity index (χ0v) is 19.5. The van der Waals surface area contributed by atoms with Crippen LogP contribution in [0, 0.1) is 6.92 Å². The van der Waals surface area contributed by atoms with Crippen LogP contribution in [0.3, 0.4) is 0 Å². The highest BCUT2D eigenvalue weighted by atomic mass is 16.5. The van der Waals surface area contributed by atoms with E-state index in [1.54, 1.807) is 17.1 Å². The maximum absolute atomic E-state index is 12.9. The molecule has 1 aliphatic rings. The van der Waals surface area contributed by atoms with Crippen LogP contribution in [-0.2, 0) is 16.1 Å². The van der Waals surface area contributed by atoms with Crippen molar-refractivity contribution in [2.75, 3.05) is 43.0 Å². The van der Waals surface area contributed by atoms with Gasteiger partial charge in [-0.1, -0.05) is 35.9 Å². The van der Waals surface area contributed by atoms with Crippen LogP contribution in [-0.4, -0.2) is 59.3 Å². The van der Waals surface area contributed by atoms with Gasteiger partial charge in [-0.2, -0.15) is 5.10 Å². The quantitative estimate of drug-likeness (QED) is 0.557. The summed E-state index contributed by atoms with van der Waals surface area (Å²) in [5, 5.41) is 7.04. The fourth-order valence-corrected chi connectivity index (χ4v) is 3.94. The predicted octanol–water partition coefficient (Wildman–Crippen LogP) is 3.34. The number of nitrogens with zero attached hydrogens (tertiary/aromatic N) is 4. The molecule has 178 valence electrons. The van der Waals surface area contributed by atoms with Crippen LogP contribution in [0.4, 0.5) is 11.4 Å². The van der Waals surface area contributed by atoms with Crippen LogP contribution in [0.1, 0.15) is 18.4 Å². The molecule has 34 heavy (non-hydrogen) atoms. The minimum atomic E-state index is -0.162. The van der Waals surface area contributed by atoms with Gasteiger partial charge in [0.25, 0.3) is 0 Å². The highest BCUT2D eigenvalue weighted by molar-refractivity contribution is 5.90. The largest absolute Gasteiger partial charge is 0.493 e. The van der Waals surface area contributed by atoms with Crippen molar-refractivity contribution >= 4 is 23.2 Å². The molecule has 0 atom stereocenters. The minimum Gasteiger partial charge on any atom is -0.493 e.